The average molecular weight is 268 g/mol. The number of nitrogens with one attached hydrogen (secondary N) is 1. The molecule has 2 aromatic carbocycles. The molecule has 0 bridgehead atoms. The normalized spacial score (nSPS) is 9.80. The Morgan fingerprint density at radius 2 is 2.10 bits per heavy atom. The number of hydrogen-bond donors (Lipinski definition) is 2. The maximum absolute atomic E-state index is 9.48. The van der Waals surface area contributed by atoms with Gasteiger partial charge >= 0.3 is 0 Å². The Hall–Kier alpha value is -2.67. The van der Waals surface area contributed by atoms with Gasteiger partial charge in [-0.05, 0) is 48.4 Å². The van der Waals surface area contributed by atoms with Crippen molar-refractivity contribution in [1.82, 2.24) is 0 Å². The number of aryl methyl sites for hydroxylation is 1. The van der Waals surface area contributed by atoms with Crippen molar-refractivity contribution in [3.05, 3.63) is 53.6 Å². The molecule has 2 aromatic rings. The fourth-order valence-electron chi connectivity index (χ4n) is 1.83. The molecule has 0 radical (unpaired) electrons. The van der Waals surface area contributed by atoms with Crippen molar-refractivity contribution in [2.45, 2.75) is 13.5 Å². The predicted octanol–water partition coefficient (Wildman–Crippen LogP) is 3.22. The molecule has 0 unspecified atom stereocenters. The second-order valence-electron chi connectivity index (χ2n) is 4.45. The summed E-state index contributed by atoms with van der Waals surface area (Å²) >= 11 is 0. The van der Waals surface area contributed by atoms with Crippen molar-refractivity contribution < 1.29 is 9.84 Å². The van der Waals surface area contributed by atoms with Crippen LogP contribution in [0.1, 0.15) is 11.1 Å². The zero-order valence-corrected chi connectivity index (χ0v) is 11.3. The van der Waals surface area contributed by atoms with E-state index in [1.165, 1.54) is 0 Å². The highest BCUT2D eigenvalue weighted by Crippen LogP contribution is 2.21. The summed E-state index contributed by atoms with van der Waals surface area (Å²) in [5, 5.41) is 21.2. The zero-order valence-electron chi connectivity index (χ0n) is 11.3. The monoisotopic (exact) mass is 268 g/mol. The number of nitriles is 1. The zero-order chi connectivity index (χ0) is 14.4. The van der Waals surface area contributed by atoms with Gasteiger partial charge in [0.1, 0.15) is 17.6 Å². The third-order valence-corrected chi connectivity index (χ3v) is 2.90. The van der Waals surface area contributed by atoms with Gasteiger partial charge in [-0.25, -0.2) is 0 Å². The SMILES string of the molecule is Cc1cc(NCc2cccc(OCC#N)c2)ccc1O. The van der Waals surface area contributed by atoms with Crippen molar-refractivity contribution >= 4 is 5.69 Å². The summed E-state index contributed by atoms with van der Waals surface area (Å²) in [6, 6.07) is 14.9. The molecule has 0 spiro atoms. The Bertz CT molecular complexity index is 633. The minimum atomic E-state index is 0.0496. The Labute approximate surface area is 118 Å². The van der Waals surface area contributed by atoms with Crippen LogP contribution in [0.4, 0.5) is 5.69 Å². The maximum atomic E-state index is 9.48. The second-order valence-corrected chi connectivity index (χ2v) is 4.45. The quantitative estimate of drug-likeness (QED) is 0.817. The molecule has 102 valence electrons. The number of phenolic OH excluding ortho intramolecular Hbond substituents is 1. The number of ether oxygens (including phenoxy) is 1. The van der Waals surface area contributed by atoms with E-state index in [1.807, 2.05) is 49.4 Å². The minimum absolute atomic E-state index is 0.0496. The van der Waals surface area contributed by atoms with Crippen LogP contribution < -0.4 is 10.1 Å². The number of anilines is 1. The first-order valence-electron chi connectivity index (χ1n) is 6.31. The summed E-state index contributed by atoms with van der Waals surface area (Å²) in [6.07, 6.45) is 0. The van der Waals surface area contributed by atoms with Gasteiger partial charge in [-0.2, -0.15) is 5.26 Å². The van der Waals surface area contributed by atoms with Crippen LogP contribution in [0.2, 0.25) is 0 Å². The van der Waals surface area contributed by atoms with Gasteiger partial charge in [0.25, 0.3) is 0 Å². The van der Waals surface area contributed by atoms with E-state index in [1.54, 1.807) is 6.07 Å². The van der Waals surface area contributed by atoms with Gasteiger partial charge in [-0.3, -0.25) is 0 Å². The van der Waals surface area contributed by atoms with Crippen molar-refractivity contribution in [2.24, 2.45) is 0 Å². The Morgan fingerprint density at radius 3 is 2.85 bits per heavy atom. The lowest BCUT2D eigenvalue weighted by molar-refractivity contribution is 0.368. The molecular weight excluding hydrogens is 252 g/mol. The van der Waals surface area contributed by atoms with E-state index in [-0.39, 0.29) is 6.61 Å². The predicted molar refractivity (Wildman–Crippen MR) is 77.7 cm³/mol. The molecule has 0 fully saturated rings. The van der Waals surface area contributed by atoms with E-state index in [4.69, 9.17) is 10.00 Å². The van der Waals surface area contributed by atoms with E-state index >= 15 is 0 Å². The number of hydrogen-bond acceptors (Lipinski definition) is 4. The largest absolute Gasteiger partial charge is 0.508 e. The summed E-state index contributed by atoms with van der Waals surface area (Å²) in [5.41, 5.74) is 2.84. The maximum Gasteiger partial charge on any atom is 0.174 e. The van der Waals surface area contributed by atoms with Crippen LogP contribution in [0, 0.1) is 18.3 Å². The second kappa shape index (κ2) is 6.48. The lowest BCUT2D eigenvalue weighted by Crippen LogP contribution is -2.00. The first-order chi connectivity index (χ1) is 9.69. The van der Waals surface area contributed by atoms with Crippen molar-refractivity contribution in [3.8, 4) is 17.6 Å². The van der Waals surface area contributed by atoms with E-state index < -0.39 is 0 Å². The molecule has 0 saturated carbocycles. The molecule has 0 heterocycles. The van der Waals surface area contributed by atoms with Crippen LogP contribution in [0.3, 0.4) is 0 Å². The summed E-state index contributed by atoms with van der Waals surface area (Å²) in [4.78, 5) is 0. The van der Waals surface area contributed by atoms with Gasteiger partial charge in [0, 0.05) is 12.2 Å². The number of nitrogens with zero attached hydrogens (tertiary/aromatic N) is 1. The van der Waals surface area contributed by atoms with Crippen LogP contribution in [0.15, 0.2) is 42.5 Å². The highest BCUT2D eigenvalue weighted by Gasteiger charge is 2.00. The topological polar surface area (TPSA) is 65.3 Å². The number of phenols is 1. The molecule has 4 nitrogen and oxygen atoms in total. The molecule has 0 aliphatic rings. The smallest absolute Gasteiger partial charge is 0.174 e. The van der Waals surface area contributed by atoms with E-state index in [2.05, 4.69) is 5.32 Å². The van der Waals surface area contributed by atoms with Gasteiger partial charge in [0.2, 0.25) is 0 Å². The van der Waals surface area contributed by atoms with Crippen molar-refractivity contribution in [2.75, 3.05) is 11.9 Å². The van der Waals surface area contributed by atoms with Gasteiger partial charge < -0.3 is 15.2 Å². The summed E-state index contributed by atoms with van der Waals surface area (Å²) in [5.74, 6) is 0.982. The molecule has 2 rings (SSSR count). The fraction of sp³-hybridized carbons (Fsp3) is 0.188. The number of aromatic hydroxyl groups is 1. The van der Waals surface area contributed by atoms with Crippen LogP contribution in [-0.4, -0.2) is 11.7 Å². The third-order valence-electron chi connectivity index (χ3n) is 2.90. The van der Waals surface area contributed by atoms with E-state index in [0.717, 1.165) is 16.8 Å². The molecule has 0 aromatic heterocycles. The van der Waals surface area contributed by atoms with Gasteiger partial charge in [-0.15, -0.1) is 0 Å². The van der Waals surface area contributed by atoms with Crippen LogP contribution >= 0.6 is 0 Å². The fourth-order valence-corrected chi connectivity index (χ4v) is 1.83. The van der Waals surface area contributed by atoms with Crippen LogP contribution in [0.25, 0.3) is 0 Å². The van der Waals surface area contributed by atoms with Crippen molar-refractivity contribution in [1.29, 1.82) is 5.26 Å². The molecule has 0 amide bonds. The van der Waals surface area contributed by atoms with Gasteiger partial charge in [0.05, 0.1) is 0 Å². The third kappa shape index (κ3) is 3.66. The standard InChI is InChI=1S/C16H16N2O2/c1-12-9-14(5-6-16(12)19)18-11-13-3-2-4-15(10-13)20-8-7-17/h2-6,9-10,18-19H,8,11H2,1H3. The summed E-state index contributed by atoms with van der Waals surface area (Å²) < 4.78 is 5.26. The highest BCUT2D eigenvalue weighted by atomic mass is 16.5. The highest BCUT2D eigenvalue weighted by molar-refractivity contribution is 5.50. The molecule has 0 atom stereocenters. The first-order valence-corrected chi connectivity index (χ1v) is 6.31. The van der Waals surface area contributed by atoms with Crippen LogP contribution in [0.5, 0.6) is 11.5 Å². The van der Waals surface area contributed by atoms with Gasteiger partial charge in [0.15, 0.2) is 6.61 Å². The molecule has 0 saturated heterocycles. The Kier molecular flexibility index (Phi) is 4.46. The summed E-state index contributed by atoms with van der Waals surface area (Å²) in [7, 11) is 0. The van der Waals surface area contributed by atoms with Crippen LogP contribution in [-0.2, 0) is 6.54 Å². The molecular formula is C16H16N2O2. The molecule has 2 N–H and O–H groups in total. The van der Waals surface area contributed by atoms with Crippen molar-refractivity contribution in [3.63, 3.8) is 0 Å². The average Bonchev–Trinajstić information content (AvgIpc) is 2.47. The molecule has 0 aliphatic carbocycles. The lowest BCUT2D eigenvalue weighted by Gasteiger charge is -2.09. The number of benzene rings is 2. The van der Waals surface area contributed by atoms with E-state index in [0.29, 0.717) is 18.0 Å². The van der Waals surface area contributed by atoms with Gasteiger partial charge in [-0.1, -0.05) is 12.1 Å². The molecule has 20 heavy (non-hydrogen) atoms. The van der Waals surface area contributed by atoms with E-state index in [9.17, 15) is 5.11 Å². The molecule has 0 aliphatic heterocycles. The Balaban J connectivity index is 1.99. The Morgan fingerprint density at radius 1 is 1.25 bits per heavy atom. The first kappa shape index (κ1) is 13.8. The minimum Gasteiger partial charge on any atom is -0.508 e. The number of rotatable bonds is 5. The lowest BCUT2D eigenvalue weighted by atomic mass is 10.2. The summed E-state index contributed by atoms with van der Waals surface area (Å²) in [6.45, 7) is 2.55. The molecule has 4 heteroatoms.